The first-order valence-electron chi connectivity index (χ1n) is 8.93. The third kappa shape index (κ3) is 4.49. The van der Waals surface area contributed by atoms with Crippen molar-refractivity contribution in [3.8, 4) is 17.2 Å². The number of nitrogen functional groups attached to an aromatic ring is 1. The Morgan fingerprint density at radius 3 is 2.70 bits per heavy atom. The van der Waals surface area contributed by atoms with Crippen LogP contribution in [-0.2, 0) is 11.3 Å². The number of hydrogen-bond acceptors (Lipinski definition) is 9. The summed E-state index contributed by atoms with van der Waals surface area (Å²) in [6, 6.07) is 10.4. The van der Waals surface area contributed by atoms with E-state index in [0.717, 1.165) is 5.56 Å². The summed E-state index contributed by atoms with van der Waals surface area (Å²) in [6.07, 6.45) is 0. The lowest BCUT2D eigenvalue weighted by Gasteiger charge is -2.12. The molecule has 0 spiro atoms. The fraction of sp³-hybridized carbons (Fsp3) is 0.200. The number of anilines is 3. The molecule has 0 fully saturated rings. The van der Waals surface area contributed by atoms with Gasteiger partial charge in [0.2, 0.25) is 0 Å². The van der Waals surface area contributed by atoms with Crippen molar-refractivity contribution in [1.29, 1.82) is 5.41 Å². The summed E-state index contributed by atoms with van der Waals surface area (Å²) in [4.78, 5) is 17.2. The molecule has 0 aliphatic heterocycles. The Kier molecular flexibility index (Phi) is 5.86. The SMILES string of the molecule is COc1cc(CNc2ccc(N)c(C(=N)C(=O)O)c2)cc(-c2nc(N(C)C)no2)c1. The highest BCUT2D eigenvalue weighted by Crippen LogP contribution is 2.27. The standard InChI is InChI=1S/C20H22N6O4/c1-26(2)20-24-18(30-25-20)12-6-11(7-14(8-12)29-3)10-23-13-4-5-16(21)15(9-13)17(22)19(27)28/h4-9,22-23H,10,21H2,1-3H3,(H,27,28). The van der Waals surface area contributed by atoms with Gasteiger partial charge in [-0.2, -0.15) is 4.98 Å². The van der Waals surface area contributed by atoms with Crippen LogP contribution in [-0.4, -0.2) is 48.1 Å². The normalized spacial score (nSPS) is 10.5. The summed E-state index contributed by atoms with van der Waals surface area (Å²) < 4.78 is 10.7. The van der Waals surface area contributed by atoms with Crippen LogP contribution in [0.4, 0.5) is 17.3 Å². The fourth-order valence-corrected chi connectivity index (χ4v) is 2.72. The molecule has 3 aromatic rings. The number of carboxylic acids is 1. The largest absolute Gasteiger partial charge is 0.497 e. The first-order chi connectivity index (χ1) is 14.3. The zero-order valence-electron chi connectivity index (χ0n) is 16.8. The second-order valence-corrected chi connectivity index (χ2v) is 6.70. The smallest absolute Gasteiger partial charge is 0.354 e. The fourth-order valence-electron chi connectivity index (χ4n) is 2.72. The van der Waals surface area contributed by atoms with Crippen molar-refractivity contribution in [2.45, 2.75) is 6.54 Å². The minimum atomic E-state index is -1.34. The second kappa shape index (κ2) is 8.52. The van der Waals surface area contributed by atoms with Gasteiger partial charge in [0.15, 0.2) is 0 Å². The number of nitrogens with zero attached hydrogens (tertiary/aromatic N) is 3. The Bertz CT molecular complexity index is 1090. The van der Waals surface area contributed by atoms with Crippen molar-refractivity contribution in [2.75, 3.05) is 37.2 Å². The molecule has 1 heterocycles. The van der Waals surface area contributed by atoms with Crippen LogP contribution in [0.15, 0.2) is 40.9 Å². The molecule has 0 radical (unpaired) electrons. The van der Waals surface area contributed by atoms with Crippen molar-refractivity contribution in [1.82, 2.24) is 10.1 Å². The van der Waals surface area contributed by atoms with Crippen LogP contribution in [0.3, 0.4) is 0 Å². The van der Waals surface area contributed by atoms with Gasteiger partial charge in [-0.3, -0.25) is 5.41 Å². The van der Waals surface area contributed by atoms with Crippen molar-refractivity contribution in [3.05, 3.63) is 47.5 Å². The maximum atomic E-state index is 11.1. The van der Waals surface area contributed by atoms with Crippen LogP contribution in [0, 0.1) is 5.41 Å². The van der Waals surface area contributed by atoms with E-state index in [1.165, 1.54) is 6.07 Å². The van der Waals surface area contributed by atoms with Crippen LogP contribution < -0.4 is 20.7 Å². The Balaban J connectivity index is 1.84. The summed E-state index contributed by atoms with van der Waals surface area (Å²) in [5, 5.41) is 23.9. The molecule has 10 nitrogen and oxygen atoms in total. The van der Waals surface area contributed by atoms with Crippen molar-refractivity contribution < 1.29 is 19.2 Å². The van der Waals surface area contributed by atoms with E-state index < -0.39 is 11.7 Å². The molecular formula is C20H22N6O4. The number of benzene rings is 2. The molecular weight excluding hydrogens is 388 g/mol. The quantitative estimate of drug-likeness (QED) is 0.324. The maximum absolute atomic E-state index is 11.1. The van der Waals surface area contributed by atoms with Crippen LogP contribution in [0.1, 0.15) is 11.1 Å². The van der Waals surface area contributed by atoms with Gasteiger partial charge in [0, 0.05) is 43.1 Å². The minimum absolute atomic E-state index is 0.154. The van der Waals surface area contributed by atoms with Gasteiger partial charge in [0.1, 0.15) is 11.5 Å². The Hall–Kier alpha value is -4.08. The third-order valence-electron chi connectivity index (χ3n) is 4.30. The first-order valence-corrected chi connectivity index (χ1v) is 8.93. The molecule has 3 rings (SSSR count). The molecule has 2 aromatic carbocycles. The summed E-state index contributed by atoms with van der Waals surface area (Å²) in [5.41, 5.74) is 7.83. The summed E-state index contributed by atoms with van der Waals surface area (Å²) in [6.45, 7) is 0.405. The Morgan fingerprint density at radius 2 is 2.07 bits per heavy atom. The predicted octanol–water partition coefficient (Wildman–Crippen LogP) is 2.46. The molecule has 0 amide bonds. The Morgan fingerprint density at radius 1 is 1.30 bits per heavy atom. The number of rotatable bonds is 8. The number of nitrogens with two attached hydrogens (primary N) is 1. The highest BCUT2D eigenvalue weighted by atomic mass is 16.5. The van der Waals surface area contributed by atoms with E-state index in [4.69, 9.17) is 25.5 Å². The zero-order chi connectivity index (χ0) is 21.8. The van der Waals surface area contributed by atoms with E-state index in [-0.39, 0.29) is 11.3 Å². The van der Waals surface area contributed by atoms with Gasteiger partial charge >= 0.3 is 5.97 Å². The lowest BCUT2D eigenvalue weighted by Crippen LogP contribution is -2.15. The molecule has 0 saturated carbocycles. The molecule has 10 heteroatoms. The van der Waals surface area contributed by atoms with Crippen LogP contribution in [0.5, 0.6) is 5.75 Å². The molecule has 0 aliphatic carbocycles. The van der Waals surface area contributed by atoms with Crippen LogP contribution in [0.2, 0.25) is 0 Å². The third-order valence-corrected chi connectivity index (χ3v) is 4.30. The van der Waals surface area contributed by atoms with Crippen LogP contribution in [0.25, 0.3) is 11.5 Å². The predicted molar refractivity (Wildman–Crippen MR) is 113 cm³/mol. The molecule has 156 valence electrons. The number of carboxylic acid groups (broad SMARTS) is 1. The van der Waals surface area contributed by atoms with E-state index in [2.05, 4.69) is 15.5 Å². The van der Waals surface area contributed by atoms with Crippen molar-refractivity contribution >= 4 is 29.0 Å². The molecule has 5 N–H and O–H groups in total. The van der Waals surface area contributed by atoms with Crippen molar-refractivity contribution in [3.63, 3.8) is 0 Å². The second-order valence-electron chi connectivity index (χ2n) is 6.70. The highest BCUT2D eigenvalue weighted by molar-refractivity contribution is 6.42. The average Bonchev–Trinajstić information content (AvgIpc) is 3.23. The molecule has 0 saturated heterocycles. The van der Waals surface area contributed by atoms with Gasteiger partial charge in [0.25, 0.3) is 11.8 Å². The molecule has 0 aliphatic rings. The molecule has 0 atom stereocenters. The highest BCUT2D eigenvalue weighted by Gasteiger charge is 2.15. The monoisotopic (exact) mass is 410 g/mol. The number of methoxy groups -OCH3 is 1. The lowest BCUT2D eigenvalue weighted by atomic mass is 10.1. The zero-order valence-corrected chi connectivity index (χ0v) is 16.8. The summed E-state index contributed by atoms with van der Waals surface area (Å²) >= 11 is 0. The maximum Gasteiger partial charge on any atom is 0.354 e. The molecule has 1 aromatic heterocycles. The van der Waals surface area contributed by atoms with Gasteiger partial charge in [-0.25, -0.2) is 4.79 Å². The molecule has 30 heavy (non-hydrogen) atoms. The topological polar surface area (TPSA) is 151 Å². The summed E-state index contributed by atoms with van der Waals surface area (Å²) in [5.74, 6) is 0.110. The van der Waals surface area contributed by atoms with E-state index in [9.17, 15) is 4.79 Å². The Labute approximate surface area is 172 Å². The van der Waals surface area contributed by atoms with E-state index in [1.54, 1.807) is 30.2 Å². The number of hydrogen-bond donors (Lipinski definition) is 4. The number of aliphatic carboxylic acids is 1. The van der Waals surface area contributed by atoms with E-state index in [0.29, 0.717) is 35.4 Å². The average molecular weight is 410 g/mol. The summed E-state index contributed by atoms with van der Waals surface area (Å²) in [7, 11) is 5.21. The minimum Gasteiger partial charge on any atom is -0.497 e. The number of ether oxygens (including phenoxy) is 1. The van der Waals surface area contributed by atoms with Crippen molar-refractivity contribution in [2.24, 2.45) is 0 Å². The van der Waals surface area contributed by atoms with E-state index >= 15 is 0 Å². The molecule has 0 unspecified atom stereocenters. The first kappa shape index (κ1) is 20.6. The number of carbonyl (C=O) groups is 1. The van der Waals surface area contributed by atoms with Gasteiger partial charge in [0.05, 0.1) is 7.11 Å². The van der Waals surface area contributed by atoms with Gasteiger partial charge in [-0.05, 0) is 47.1 Å². The van der Waals surface area contributed by atoms with Crippen LogP contribution >= 0.6 is 0 Å². The number of aromatic nitrogens is 2. The number of nitrogens with one attached hydrogen (secondary N) is 2. The van der Waals surface area contributed by atoms with E-state index in [1.807, 2.05) is 26.2 Å². The van der Waals surface area contributed by atoms with Gasteiger partial charge in [-0.1, -0.05) is 0 Å². The van der Waals surface area contributed by atoms with Gasteiger partial charge < -0.3 is 30.3 Å². The van der Waals surface area contributed by atoms with Gasteiger partial charge in [-0.15, -0.1) is 0 Å². The lowest BCUT2D eigenvalue weighted by molar-refractivity contribution is -0.129. The molecule has 0 bridgehead atoms.